The molecule has 18 heavy (non-hydrogen) atoms. The number of hydrogen-bond acceptors (Lipinski definition) is 3. The van der Waals surface area contributed by atoms with Crippen LogP contribution in [0.1, 0.15) is 28.8 Å². The first-order chi connectivity index (χ1) is 8.59. The van der Waals surface area contributed by atoms with Crippen molar-refractivity contribution >= 4 is 11.9 Å². The van der Waals surface area contributed by atoms with E-state index in [-0.39, 0.29) is 17.5 Å². The molecular weight excluding hydrogens is 232 g/mol. The predicted octanol–water partition coefficient (Wildman–Crippen LogP) is 0.834. The van der Waals surface area contributed by atoms with Gasteiger partial charge in [-0.05, 0) is 31.0 Å². The average molecular weight is 248 g/mol. The third-order valence-electron chi connectivity index (χ3n) is 3.31. The van der Waals surface area contributed by atoms with E-state index in [0.717, 1.165) is 24.9 Å². The number of carbonyl (C=O) groups excluding carboxylic acids is 1. The molecule has 0 spiro atoms. The number of primary amides is 1. The van der Waals surface area contributed by atoms with Crippen molar-refractivity contribution < 1.29 is 14.7 Å². The summed E-state index contributed by atoms with van der Waals surface area (Å²) < 4.78 is 0. The standard InChI is InChI=1S/C13H16N2O3/c14-12(16)11-6-3-7-15(11)8-9-4-1-2-5-10(9)13(17)18/h1-2,4-5,11H,3,6-8H2,(H2,14,16)(H,17,18). The third-order valence-corrected chi connectivity index (χ3v) is 3.31. The minimum absolute atomic E-state index is 0.271. The van der Waals surface area contributed by atoms with Gasteiger partial charge in [0.2, 0.25) is 5.91 Å². The maximum Gasteiger partial charge on any atom is 0.336 e. The summed E-state index contributed by atoms with van der Waals surface area (Å²) in [6.45, 7) is 1.23. The zero-order valence-corrected chi connectivity index (χ0v) is 10.0. The van der Waals surface area contributed by atoms with Crippen molar-refractivity contribution in [2.45, 2.75) is 25.4 Å². The Morgan fingerprint density at radius 2 is 2.11 bits per heavy atom. The number of rotatable bonds is 4. The molecular formula is C13H16N2O3. The molecule has 1 heterocycles. The largest absolute Gasteiger partial charge is 0.478 e. The van der Waals surface area contributed by atoms with Crippen LogP contribution in [-0.4, -0.2) is 34.5 Å². The fraction of sp³-hybridized carbons (Fsp3) is 0.385. The van der Waals surface area contributed by atoms with Crippen molar-refractivity contribution in [1.82, 2.24) is 4.90 Å². The number of hydrogen-bond donors (Lipinski definition) is 2. The summed E-state index contributed by atoms with van der Waals surface area (Å²) in [5.74, 6) is -1.28. The molecule has 5 heteroatoms. The molecule has 0 aromatic heterocycles. The lowest BCUT2D eigenvalue weighted by molar-refractivity contribution is -0.122. The molecule has 1 amide bonds. The second kappa shape index (κ2) is 5.18. The van der Waals surface area contributed by atoms with Crippen LogP contribution in [-0.2, 0) is 11.3 Å². The van der Waals surface area contributed by atoms with Crippen LogP contribution in [0.25, 0.3) is 0 Å². The Hall–Kier alpha value is -1.88. The first-order valence-corrected chi connectivity index (χ1v) is 5.94. The molecule has 1 aliphatic rings. The highest BCUT2D eigenvalue weighted by Crippen LogP contribution is 2.21. The van der Waals surface area contributed by atoms with Gasteiger partial charge in [-0.1, -0.05) is 18.2 Å². The first kappa shape index (κ1) is 12.6. The van der Waals surface area contributed by atoms with Gasteiger partial charge in [-0.3, -0.25) is 9.69 Å². The van der Waals surface area contributed by atoms with E-state index < -0.39 is 5.97 Å². The number of likely N-dealkylation sites (tertiary alicyclic amines) is 1. The van der Waals surface area contributed by atoms with Crippen molar-refractivity contribution in [3.05, 3.63) is 35.4 Å². The summed E-state index contributed by atoms with van der Waals surface area (Å²) in [6.07, 6.45) is 1.67. The minimum Gasteiger partial charge on any atom is -0.478 e. The van der Waals surface area contributed by atoms with E-state index in [9.17, 15) is 9.59 Å². The van der Waals surface area contributed by atoms with Crippen LogP contribution in [0.15, 0.2) is 24.3 Å². The Morgan fingerprint density at radius 3 is 2.78 bits per heavy atom. The van der Waals surface area contributed by atoms with Gasteiger partial charge in [0.15, 0.2) is 0 Å². The Bertz CT molecular complexity index is 473. The average Bonchev–Trinajstić information content (AvgIpc) is 2.77. The Kier molecular flexibility index (Phi) is 3.62. The van der Waals surface area contributed by atoms with Crippen LogP contribution >= 0.6 is 0 Å². The van der Waals surface area contributed by atoms with Crippen LogP contribution in [0.5, 0.6) is 0 Å². The van der Waals surface area contributed by atoms with Gasteiger partial charge in [0, 0.05) is 6.54 Å². The van der Waals surface area contributed by atoms with Gasteiger partial charge in [0.1, 0.15) is 0 Å². The molecule has 2 rings (SSSR count). The van der Waals surface area contributed by atoms with Crippen molar-refractivity contribution in [3.63, 3.8) is 0 Å². The Morgan fingerprint density at radius 1 is 1.39 bits per heavy atom. The van der Waals surface area contributed by atoms with Gasteiger partial charge >= 0.3 is 5.97 Å². The van der Waals surface area contributed by atoms with Crippen LogP contribution < -0.4 is 5.73 Å². The number of benzene rings is 1. The lowest BCUT2D eigenvalue weighted by Crippen LogP contribution is -2.40. The summed E-state index contributed by atoms with van der Waals surface area (Å²) in [4.78, 5) is 24.3. The molecule has 1 saturated heterocycles. The van der Waals surface area contributed by atoms with Gasteiger partial charge in [-0.15, -0.1) is 0 Å². The van der Waals surface area contributed by atoms with Crippen LogP contribution in [0, 0.1) is 0 Å². The number of nitrogens with two attached hydrogens (primary N) is 1. The van der Waals surface area contributed by atoms with E-state index in [4.69, 9.17) is 10.8 Å². The van der Waals surface area contributed by atoms with Crippen molar-refractivity contribution in [1.29, 1.82) is 0 Å². The summed E-state index contributed by atoms with van der Waals surface area (Å²) in [5.41, 5.74) is 6.35. The Labute approximate surface area is 105 Å². The normalized spacial score (nSPS) is 19.9. The van der Waals surface area contributed by atoms with Gasteiger partial charge in [0.05, 0.1) is 11.6 Å². The molecule has 0 saturated carbocycles. The van der Waals surface area contributed by atoms with E-state index in [1.165, 1.54) is 0 Å². The number of carboxylic acid groups (broad SMARTS) is 1. The second-order valence-electron chi connectivity index (χ2n) is 4.49. The minimum atomic E-state index is -0.944. The monoisotopic (exact) mass is 248 g/mol. The van der Waals surface area contributed by atoms with E-state index in [1.807, 2.05) is 4.90 Å². The lowest BCUT2D eigenvalue weighted by atomic mass is 10.1. The van der Waals surface area contributed by atoms with E-state index in [1.54, 1.807) is 24.3 Å². The Balaban J connectivity index is 2.19. The molecule has 1 aliphatic heterocycles. The maximum atomic E-state index is 11.3. The molecule has 0 bridgehead atoms. The molecule has 3 N–H and O–H groups in total. The zero-order chi connectivity index (χ0) is 13.1. The van der Waals surface area contributed by atoms with Gasteiger partial charge < -0.3 is 10.8 Å². The summed E-state index contributed by atoms with van der Waals surface area (Å²) in [7, 11) is 0. The highest BCUT2D eigenvalue weighted by molar-refractivity contribution is 5.89. The predicted molar refractivity (Wildman–Crippen MR) is 66.0 cm³/mol. The quantitative estimate of drug-likeness (QED) is 0.826. The van der Waals surface area contributed by atoms with Crippen LogP contribution in [0.4, 0.5) is 0 Å². The summed E-state index contributed by atoms with van der Waals surface area (Å²) in [6, 6.07) is 6.58. The maximum absolute atomic E-state index is 11.3. The van der Waals surface area contributed by atoms with Gasteiger partial charge in [-0.25, -0.2) is 4.79 Å². The number of amides is 1. The molecule has 96 valence electrons. The van der Waals surface area contributed by atoms with E-state index >= 15 is 0 Å². The lowest BCUT2D eigenvalue weighted by Gasteiger charge is -2.22. The molecule has 5 nitrogen and oxygen atoms in total. The molecule has 1 aromatic carbocycles. The zero-order valence-electron chi connectivity index (χ0n) is 10.0. The third kappa shape index (κ3) is 2.51. The smallest absolute Gasteiger partial charge is 0.336 e. The van der Waals surface area contributed by atoms with Crippen LogP contribution in [0.2, 0.25) is 0 Å². The summed E-state index contributed by atoms with van der Waals surface area (Å²) in [5, 5.41) is 9.10. The number of carboxylic acids is 1. The second-order valence-corrected chi connectivity index (χ2v) is 4.49. The number of aromatic carboxylic acids is 1. The molecule has 1 aromatic rings. The van der Waals surface area contributed by atoms with Crippen molar-refractivity contribution in [2.24, 2.45) is 5.73 Å². The number of carbonyl (C=O) groups is 2. The van der Waals surface area contributed by atoms with Crippen molar-refractivity contribution in [3.8, 4) is 0 Å². The number of nitrogens with zero attached hydrogens (tertiary/aromatic N) is 1. The van der Waals surface area contributed by atoms with Gasteiger partial charge in [-0.2, -0.15) is 0 Å². The summed E-state index contributed by atoms with van der Waals surface area (Å²) >= 11 is 0. The first-order valence-electron chi connectivity index (χ1n) is 5.94. The van der Waals surface area contributed by atoms with Crippen LogP contribution in [0.3, 0.4) is 0 Å². The molecule has 1 fully saturated rings. The highest BCUT2D eigenvalue weighted by atomic mass is 16.4. The van der Waals surface area contributed by atoms with E-state index in [2.05, 4.69) is 0 Å². The molecule has 0 radical (unpaired) electrons. The fourth-order valence-electron chi connectivity index (χ4n) is 2.42. The molecule has 1 unspecified atom stereocenters. The molecule has 0 aliphatic carbocycles. The fourth-order valence-corrected chi connectivity index (χ4v) is 2.42. The molecule has 1 atom stereocenters. The highest BCUT2D eigenvalue weighted by Gasteiger charge is 2.29. The van der Waals surface area contributed by atoms with E-state index in [0.29, 0.717) is 6.54 Å². The SMILES string of the molecule is NC(=O)C1CCCN1Cc1ccccc1C(=O)O. The van der Waals surface area contributed by atoms with Crippen molar-refractivity contribution in [2.75, 3.05) is 6.54 Å². The van der Waals surface area contributed by atoms with Gasteiger partial charge in [0.25, 0.3) is 0 Å². The topological polar surface area (TPSA) is 83.6 Å².